The van der Waals surface area contributed by atoms with Gasteiger partial charge >= 0.3 is 0 Å². The third-order valence-electron chi connectivity index (χ3n) is 2.75. The summed E-state index contributed by atoms with van der Waals surface area (Å²) in [5, 5.41) is 10.9. The average molecular weight is 406 g/mol. The van der Waals surface area contributed by atoms with Crippen molar-refractivity contribution in [3.8, 4) is 0 Å². The Kier molecular flexibility index (Phi) is 12.6. The molecule has 142 valence electrons. The van der Waals surface area contributed by atoms with Crippen LogP contribution in [0.2, 0.25) is 10.0 Å². The quantitative estimate of drug-likeness (QED) is 0.216. The summed E-state index contributed by atoms with van der Waals surface area (Å²) in [6, 6.07) is 22.8. The van der Waals surface area contributed by atoms with E-state index in [0.717, 1.165) is 5.69 Å². The third-order valence-corrected chi connectivity index (χ3v) is 3.42. The fraction of sp³-hybridized carbons (Fsp3) is 0. The van der Waals surface area contributed by atoms with E-state index in [2.05, 4.69) is 13.2 Å². The topological polar surface area (TPSA) is 95.2 Å². The van der Waals surface area contributed by atoms with Gasteiger partial charge in [0.05, 0.1) is 15.6 Å². The Hall–Kier alpha value is -3.02. The van der Waals surface area contributed by atoms with Crippen molar-refractivity contribution < 1.29 is 4.92 Å². The van der Waals surface area contributed by atoms with Crippen LogP contribution in [0.25, 0.3) is 0 Å². The van der Waals surface area contributed by atoms with Gasteiger partial charge in [-0.2, -0.15) is 0 Å². The Morgan fingerprint density at radius 3 is 1.48 bits per heavy atom. The summed E-state index contributed by atoms with van der Waals surface area (Å²) >= 11 is 11.1. The van der Waals surface area contributed by atoms with Crippen molar-refractivity contribution in [1.29, 1.82) is 0 Å². The third kappa shape index (κ3) is 10.5. The van der Waals surface area contributed by atoms with Gasteiger partial charge in [0.15, 0.2) is 0 Å². The Morgan fingerprint density at radius 2 is 1.19 bits per heavy atom. The van der Waals surface area contributed by atoms with E-state index in [1.807, 2.05) is 42.5 Å². The Bertz CT molecular complexity index is 794. The highest BCUT2D eigenvalue weighted by Crippen LogP contribution is 2.22. The summed E-state index contributed by atoms with van der Waals surface area (Å²) in [5.74, 6) is 0. The molecule has 0 amide bonds. The normalized spacial score (nSPS) is 8.52. The molecule has 0 saturated carbocycles. The monoisotopic (exact) mass is 405 g/mol. The van der Waals surface area contributed by atoms with Gasteiger partial charge in [0, 0.05) is 11.8 Å². The minimum absolute atomic E-state index is 0.0517. The van der Waals surface area contributed by atoms with Crippen molar-refractivity contribution in [3.63, 3.8) is 0 Å². The van der Waals surface area contributed by atoms with Crippen LogP contribution in [0.3, 0.4) is 0 Å². The number of nitro benzene ring substituents is 1. The highest BCUT2D eigenvalue weighted by Gasteiger charge is 2.08. The fourth-order valence-electron chi connectivity index (χ4n) is 1.53. The van der Waals surface area contributed by atoms with Crippen LogP contribution in [0.4, 0.5) is 17.1 Å². The summed E-state index contributed by atoms with van der Waals surface area (Å²) in [5.41, 5.74) is 12.1. The molecule has 0 aliphatic heterocycles. The van der Waals surface area contributed by atoms with Gasteiger partial charge in [0.25, 0.3) is 5.69 Å². The minimum atomic E-state index is -0.512. The van der Waals surface area contributed by atoms with E-state index in [1.54, 1.807) is 24.3 Å². The van der Waals surface area contributed by atoms with Crippen LogP contribution in [0.5, 0.6) is 0 Å². The van der Waals surface area contributed by atoms with Gasteiger partial charge in [0.2, 0.25) is 0 Å². The number of nitrogens with zero attached hydrogens (tertiary/aromatic N) is 1. The first-order chi connectivity index (χ1) is 12.9. The number of nitrogen functional groups attached to an aromatic ring is 2. The van der Waals surface area contributed by atoms with Gasteiger partial charge in [-0.15, -0.1) is 13.2 Å². The van der Waals surface area contributed by atoms with E-state index in [9.17, 15) is 10.1 Å². The molecule has 0 aromatic heterocycles. The van der Waals surface area contributed by atoms with Crippen LogP contribution in [-0.2, 0) is 0 Å². The number of hydrogen-bond donors (Lipinski definition) is 2. The molecule has 0 spiro atoms. The zero-order chi connectivity index (χ0) is 20.7. The van der Waals surface area contributed by atoms with E-state index in [4.69, 9.17) is 34.7 Å². The second-order valence-electron chi connectivity index (χ2n) is 4.64. The van der Waals surface area contributed by atoms with Crippen LogP contribution < -0.4 is 11.5 Å². The first-order valence-corrected chi connectivity index (χ1v) is 8.37. The molecular weight excluding hydrogens is 385 g/mol. The van der Waals surface area contributed by atoms with Gasteiger partial charge < -0.3 is 11.5 Å². The lowest BCUT2D eigenvalue weighted by atomic mass is 10.3. The van der Waals surface area contributed by atoms with E-state index < -0.39 is 4.92 Å². The summed E-state index contributed by atoms with van der Waals surface area (Å²) in [6.07, 6.45) is 0. The molecule has 3 rings (SSSR count). The smallest absolute Gasteiger partial charge is 0.287 e. The van der Waals surface area contributed by atoms with Crippen LogP contribution >= 0.6 is 23.2 Å². The molecular formula is C20H21Cl2N3O2. The van der Waals surface area contributed by atoms with E-state index >= 15 is 0 Å². The highest BCUT2D eigenvalue weighted by atomic mass is 35.5. The second kappa shape index (κ2) is 14.2. The summed E-state index contributed by atoms with van der Waals surface area (Å²) < 4.78 is 0. The van der Waals surface area contributed by atoms with E-state index in [1.165, 1.54) is 12.1 Å². The molecule has 5 nitrogen and oxygen atoms in total. The maximum atomic E-state index is 10.1. The van der Waals surface area contributed by atoms with E-state index in [-0.39, 0.29) is 10.7 Å². The molecule has 0 heterocycles. The van der Waals surface area contributed by atoms with Crippen molar-refractivity contribution in [1.82, 2.24) is 0 Å². The lowest BCUT2D eigenvalue weighted by Crippen LogP contribution is -1.87. The van der Waals surface area contributed by atoms with E-state index in [0.29, 0.717) is 10.7 Å². The maximum Gasteiger partial charge on any atom is 0.287 e. The number of rotatable bonds is 1. The average Bonchev–Trinajstić information content (AvgIpc) is 2.68. The second-order valence-corrected chi connectivity index (χ2v) is 5.46. The lowest BCUT2D eigenvalue weighted by Gasteiger charge is -1.91. The summed E-state index contributed by atoms with van der Waals surface area (Å²) in [4.78, 5) is 9.63. The zero-order valence-corrected chi connectivity index (χ0v) is 16.1. The number of benzene rings is 3. The number of anilines is 2. The van der Waals surface area contributed by atoms with Gasteiger partial charge in [-0.05, 0) is 30.3 Å². The molecule has 0 radical (unpaired) electrons. The first-order valence-electron chi connectivity index (χ1n) is 7.61. The standard InChI is InChI=1S/C6H4ClNO2.C6H6ClN.C6H7N.C2H4/c7-5-3-1-2-4-6(5)8(9)10;7-5-3-1-2-4-6(5)8;7-6-4-2-1-3-5-6;1-2/h1-4H;1-4H,8H2;1-5H,7H2;1-2H2. The van der Waals surface area contributed by atoms with Crippen LogP contribution in [0.1, 0.15) is 0 Å². The van der Waals surface area contributed by atoms with Crippen LogP contribution in [0.15, 0.2) is 92.0 Å². The van der Waals surface area contributed by atoms with Crippen LogP contribution in [0, 0.1) is 10.1 Å². The van der Waals surface area contributed by atoms with Gasteiger partial charge in [0.1, 0.15) is 5.02 Å². The predicted octanol–water partition coefficient (Wildman–Crippen LogP) is 6.24. The molecule has 27 heavy (non-hydrogen) atoms. The molecule has 0 aliphatic rings. The first kappa shape index (κ1) is 24.0. The molecule has 0 saturated heterocycles. The predicted molar refractivity (Wildman–Crippen MR) is 116 cm³/mol. The highest BCUT2D eigenvalue weighted by molar-refractivity contribution is 6.33. The fourth-order valence-corrected chi connectivity index (χ4v) is 1.87. The summed E-state index contributed by atoms with van der Waals surface area (Å²) in [6.45, 7) is 6.00. The molecule has 3 aromatic carbocycles. The summed E-state index contributed by atoms with van der Waals surface area (Å²) in [7, 11) is 0. The minimum Gasteiger partial charge on any atom is -0.399 e. The molecule has 3 aromatic rings. The SMILES string of the molecule is C=C.Nc1ccccc1.Nc1ccccc1Cl.O=[N+]([O-])c1ccccc1Cl. The molecule has 7 heteroatoms. The molecule has 0 aliphatic carbocycles. The molecule has 0 fully saturated rings. The Morgan fingerprint density at radius 1 is 0.741 bits per heavy atom. The van der Waals surface area contributed by atoms with Crippen molar-refractivity contribution in [2.75, 3.05) is 11.5 Å². The Labute approximate surface area is 169 Å². The largest absolute Gasteiger partial charge is 0.399 e. The molecule has 4 N–H and O–H groups in total. The number of para-hydroxylation sites is 3. The van der Waals surface area contributed by atoms with Crippen LogP contribution in [-0.4, -0.2) is 4.92 Å². The molecule has 0 atom stereocenters. The van der Waals surface area contributed by atoms with Gasteiger partial charge in [-0.1, -0.05) is 65.7 Å². The van der Waals surface area contributed by atoms with Crippen molar-refractivity contribution in [2.45, 2.75) is 0 Å². The van der Waals surface area contributed by atoms with Crippen molar-refractivity contribution in [2.24, 2.45) is 0 Å². The number of nitro groups is 1. The number of hydrogen-bond acceptors (Lipinski definition) is 4. The number of nitrogens with two attached hydrogens (primary N) is 2. The molecule has 0 unspecified atom stereocenters. The molecule has 0 bridgehead atoms. The Balaban J connectivity index is 0.000000364. The van der Waals surface area contributed by atoms with Gasteiger partial charge in [-0.25, -0.2) is 0 Å². The zero-order valence-electron chi connectivity index (χ0n) is 14.6. The van der Waals surface area contributed by atoms with Gasteiger partial charge in [-0.3, -0.25) is 10.1 Å². The number of halogens is 2. The lowest BCUT2D eigenvalue weighted by molar-refractivity contribution is -0.384. The maximum absolute atomic E-state index is 10.1. The van der Waals surface area contributed by atoms with Crippen molar-refractivity contribution >= 4 is 40.3 Å². The van der Waals surface area contributed by atoms with Crippen molar-refractivity contribution in [3.05, 3.63) is 112 Å².